The number of halogens is 1. The molecule has 6 heteroatoms. The summed E-state index contributed by atoms with van der Waals surface area (Å²) in [6.07, 6.45) is 6.33. The Balaban J connectivity index is 2.19. The van der Waals surface area contributed by atoms with Gasteiger partial charge in [-0.05, 0) is 17.9 Å². The summed E-state index contributed by atoms with van der Waals surface area (Å²) in [5, 5.41) is 11.3. The average molecular weight is 327 g/mol. The summed E-state index contributed by atoms with van der Waals surface area (Å²) in [5.41, 5.74) is -1.64. The van der Waals surface area contributed by atoms with Gasteiger partial charge in [0.05, 0.1) is 0 Å². The Morgan fingerprint density at radius 3 is 2.81 bits per heavy atom. The van der Waals surface area contributed by atoms with E-state index in [1.54, 1.807) is 18.2 Å². The molecule has 0 aromatic carbocycles. The van der Waals surface area contributed by atoms with Gasteiger partial charge in [-0.15, -0.1) is 22.9 Å². The van der Waals surface area contributed by atoms with Gasteiger partial charge >= 0.3 is 11.9 Å². The number of carboxylic acids is 1. The van der Waals surface area contributed by atoms with Crippen LogP contribution in [0.3, 0.4) is 0 Å². The van der Waals surface area contributed by atoms with E-state index in [0.717, 1.165) is 4.88 Å². The van der Waals surface area contributed by atoms with Crippen LogP contribution in [0.5, 0.6) is 0 Å². The van der Waals surface area contributed by atoms with Crippen LogP contribution in [0.25, 0.3) is 0 Å². The van der Waals surface area contributed by atoms with Crippen LogP contribution < -0.4 is 0 Å². The highest BCUT2D eigenvalue weighted by atomic mass is 35.5. The lowest BCUT2D eigenvalue weighted by atomic mass is 9.81. The fourth-order valence-electron chi connectivity index (χ4n) is 2.08. The van der Waals surface area contributed by atoms with Gasteiger partial charge in [0.15, 0.2) is 5.41 Å². The van der Waals surface area contributed by atoms with Crippen LogP contribution in [0.4, 0.5) is 0 Å². The zero-order chi connectivity index (χ0) is 15.3. The van der Waals surface area contributed by atoms with Crippen LogP contribution in [0.15, 0.2) is 41.8 Å². The van der Waals surface area contributed by atoms with Gasteiger partial charge in [0.25, 0.3) is 0 Å². The molecule has 0 fully saturated rings. The van der Waals surface area contributed by atoms with Crippen molar-refractivity contribution in [3.63, 3.8) is 0 Å². The molecule has 1 aliphatic carbocycles. The van der Waals surface area contributed by atoms with Crippen molar-refractivity contribution in [3.8, 4) is 0 Å². The Bertz CT molecular complexity index is 564. The van der Waals surface area contributed by atoms with Crippen LogP contribution in [0, 0.1) is 5.41 Å². The number of alkyl halides is 1. The Hall–Kier alpha value is -1.59. The Kier molecular flexibility index (Phi) is 5.20. The molecule has 1 heterocycles. The molecule has 0 amide bonds. The van der Waals surface area contributed by atoms with E-state index >= 15 is 0 Å². The largest absolute Gasteiger partial charge is 0.480 e. The monoisotopic (exact) mass is 326 g/mol. The van der Waals surface area contributed by atoms with Crippen LogP contribution in [-0.2, 0) is 14.3 Å². The fourth-order valence-corrected chi connectivity index (χ4v) is 3.07. The summed E-state index contributed by atoms with van der Waals surface area (Å²) >= 11 is 7.20. The first-order valence-electron chi connectivity index (χ1n) is 6.48. The number of aliphatic carboxylic acids is 1. The summed E-state index contributed by atoms with van der Waals surface area (Å²) in [7, 11) is 0. The summed E-state index contributed by atoms with van der Waals surface area (Å²) in [5.74, 6) is -1.63. The lowest BCUT2D eigenvalue weighted by molar-refractivity contribution is -0.168. The maximum atomic E-state index is 12.4. The minimum absolute atomic E-state index is 0.0930. The van der Waals surface area contributed by atoms with E-state index in [-0.39, 0.29) is 6.42 Å². The molecule has 1 aromatic heterocycles. The number of hydrogen-bond acceptors (Lipinski definition) is 4. The molecule has 1 aliphatic rings. The molecule has 4 nitrogen and oxygen atoms in total. The molecule has 1 N–H and O–H groups in total. The van der Waals surface area contributed by atoms with E-state index in [4.69, 9.17) is 16.3 Å². The lowest BCUT2D eigenvalue weighted by Crippen LogP contribution is -2.40. The van der Waals surface area contributed by atoms with Crippen molar-refractivity contribution in [1.82, 2.24) is 0 Å². The van der Waals surface area contributed by atoms with Crippen molar-refractivity contribution >= 4 is 34.9 Å². The molecule has 0 bridgehead atoms. The van der Waals surface area contributed by atoms with Crippen molar-refractivity contribution in [1.29, 1.82) is 0 Å². The number of rotatable bonds is 6. The topological polar surface area (TPSA) is 63.6 Å². The zero-order valence-corrected chi connectivity index (χ0v) is 12.8. The maximum Gasteiger partial charge on any atom is 0.328 e. The second kappa shape index (κ2) is 6.91. The van der Waals surface area contributed by atoms with Crippen LogP contribution in [0.2, 0.25) is 0 Å². The Labute approximate surface area is 131 Å². The molecule has 0 aliphatic heterocycles. The predicted molar refractivity (Wildman–Crippen MR) is 81.5 cm³/mol. The Morgan fingerprint density at radius 1 is 1.48 bits per heavy atom. The third-order valence-electron chi connectivity index (χ3n) is 3.29. The van der Waals surface area contributed by atoms with Gasteiger partial charge in [0.1, 0.15) is 6.10 Å². The molecule has 0 radical (unpaired) electrons. The van der Waals surface area contributed by atoms with Crippen molar-refractivity contribution in [2.45, 2.75) is 18.9 Å². The van der Waals surface area contributed by atoms with Gasteiger partial charge in [-0.2, -0.15) is 0 Å². The molecular weight excluding hydrogens is 312 g/mol. The van der Waals surface area contributed by atoms with Gasteiger partial charge in [0, 0.05) is 17.2 Å². The number of esters is 1. The first-order valence-corrected chi connectivity index (χ1v) is 7.90. The first kappa shape index (κ1) is 15.8. The molecular formula is C15H15ClO4S. The number of hydrogen-bond donors (Lipinski definition) is 1. The minimum Gasteiger partial charge on any atom is -0.480 e. The van der Waals surface area contributed by atoms with E-state index in [1.165, 1.54) is 17.4 Å². The van der Waals surface area contributed by atoms with Crippen molar-refractivity contribution in [2.24, 2.45) is 5.41 Å². The summed E-state index contributed by atoms with van der Waals surface area (Å²) in [6, 6.07) is 3.70. The van der Waals surface area contributed by atoms with Crippen molar-refractivity contribution < 1.29 is 19.4 Å². The third-order valence-corrected chi connectivity index (χ3v) is 4.48. The number of allylic oxidation sites excluding steroid dienone is 3. The molecule has 0 saturated carbocycles. The van der Waals surface area contributed by atoms with Crippen LogP contribution >= 0.6 is 22.9 Å². The second-order valence-corrected chi connectivity index (χ2v) is 6.01. The van der Waals surface area contributed by atoms with Gasteiger partial charge in [-0.25, -0.2) is 0 Å². The SMILES string of the molecule is O=C(O)C1(C(=O)O[C@@H](CCCl)c2cccs2)C=CC=CC1. The quantitative estimate of drug-likeness (QED) is 0.493. The lowest BCUT2D eigenvalue weighted by Gasteiger charge is -2.27. The van der Waals surface area contributed by atoms with Gasteiger partial charge in [-0.1, -0.05) is 30.4 Å². The molecule has 1 aromatic rings. The van der Waals surface area contributed by atoms with E-state index in [9.17, 15) is 14.7 Å². The molecule has 2 rings (SSSR count). The molecule has 1 unspecified atom stereocenters. The van der Waals surface area contributed by atoms with E-state index < -0.39 is 23.5 Å². The number of carboxylic acid groups (broad SMARTS) is 1. The smallest absolute Gasteiger partial charge is 0.328 e. The van der Waals surface area contributed by atoms with Gasteiger partial charge < -0.3 is 9.84 Å². The molecule has 112 valence electrons. The standard InChI is InChI=1S/C15H15ClO4S/c16-9-6-11(12-5-4-10-21-12)20-14(19)15(13(17)18)7-2-1-3-8-15/h1-5,7,10-11H,6,8-9H2,(H,17,18)/t11-,15?/m0/s1. The number of carbonyl (C=O) groups is 2. The highest BCUT2D eigenvalue weighted by molar-refractivity contribution is 7.10. The first-order chi connectivity index (χ1) is 10.1. The number of carbonyl (C=O) groups excluding carboxylic acids is 1. The molecule has 21 heavy (non-hydrogen) atoms. The van der Waals surface area contributed by atoms with E-state index in [2.05, 4.69) is 0 Å². The maximum absolute atomic E-state index is 12.4. The number of thiophene rings is 1. The fraction of sp³-hybridized carbons (Fsp3) is 0.333. The Morgan fingerprint density at radius 2 is 2.29 bits per heavy atom. The molecule has 0 saturated heterocycles. The minimum atomic E-state index is -1.64. The predicted octanol–water partition coefficient (Wildman–Crippen LogP) is 3.55. The molecule has 2 atom stereocenters. The van der Waals surface area contributed by atoms with Gasteiger partial charge in [0.2, 0.25) is 0 Å². The zero-order valence-electron chi connectivity index (χ0n) is 11.2. The summed E-state index contributed by atoms with van der Waals surface area (Å²) in [4.78, 5) is 24.8. The highest BCUT2D eigenvalue weighted by Crippen LogP contribution is 2.34. The van der Waals surface area contributed by atoms with Crippen molar-refractivity contribution in [2.75, 3.05) is 5.88 Å². The van der Waals surface area contributed by atoms with Crippen molar-refractivity contribution in [3.05, 3.63) is 46.7 Å². The second-order valence-electron chi connectivity index (χ2n) is 4.65. The van der Waals surface area contributed by atoms with Crippen LogP contribution in [0.1, 0.15) is 23.8 Å². The van der Waals surface area contributed by atoms with E-state index in [1.807, 2.05) is 17.5 Å². The number of ether oxygens (including phenoxy) is 1. The average Bonchev–Trinajstić information content (AvgIpc) is 3.01. The van der Waals surface area contributed by atoms with Gasteiger partial charge in [-0.3, -0.25) is 9.59 Å². The normalized spacial score (nSPS) is 22.0. The highest BCUT2D eigenvalue weighted by Gasteiger charge is 2.46. The molecule has 0 spiro atoms. The van der Waals surface area contributed by atoms with Crippen LogP contribution in [-0.4, -0.2) is 22.9 Å². The summed E-state index contributed by atoms with van der Waals surface area (Å²) in [6.45, 7) is 0. The van der Waals surface area contributed by atoms with E-state index in [0.29, 0.717) is 12.3 Å². The third kappa shape index (κ3) is 3.36. The summed E-state index contributed by atoms with van der Waals surface area (Å²) < 4.78 is 5.46.